The molecule has 1 aliphatic carbocycles. The van der Waals surface area contributed by atoms with Crippen molar-refractivity contribution >= 4 is 12.0 Å². The van der Waals surface area contributed by atoms with Crippen molar-refractivity contribution in [1.82, 2.24) is 16.0 Å². The Labute approximate surface area is 226 Å². The molecule has 1 aromatic carbocycles. The summed E-state index contributed by atoms with van der Waals surface area (Å²) in [6.07, 6.45) is 6.17. The van der Waals surface area contributed by atoms with Crippen molar-refractivity contribution in [1.29, 1.82) is 0 Å². The molecule has 8 heteroatoms. The predicted octanol–water partition coefficient (Wildman–Crippen LogP) is 6.12. The first-order chi connectivity index (χ1) is 17.9. The molecule has 1 saturated carbocycles. The van der Waals surface area contributed by atoms with Crippen molar-refractivity contribution in [2.24, 2.45) is 0 Å². The number of benzene rings is 1. The number of hydrogen-bond donors (Lipinski definition) is 3. The molecule has 1 aliphatic rings. The number of alkyl halides is 1. The number of nitrogens with one attached hydrogen (secondary N) is 3. The minimum absolute atomic E-state index is 0.00702. The molecular formula is C30H45F2N3O3. The summed E-state index contributed by atoms with van der Waals surface area (Å²) in [5.41, 5.74) is 2.93. The number of alkyl carbamates (subject to hydrolysis) is 1. The predicted molar refractivity (Wildman–Crippen MR) is 148 cm³/mol. The molecule has 0 aromatic heterocycles. The minimum atomic E-state index is -0.858. The van der Waals surface area contributed by atoms with Crippen LogP contribution in [0.5, 0.6) is 0 Å². The largest absolute Gasteiger partial charge is 0.453 e. The van der Waals surface area contributed by atoms with Crippen molar-refractivity contribution in [3.05, 3.63) is 58.9 Å². The third-order valence-corrected chi connectivity index (χ3v) is 7.22. The maximum Gasteiger partial charge on any atom is 0.407 e. The van der Waals surface area contributed by atoms with E-state index in [1.54, 1.807) is 6.92 Å². The molecule has 0 aliphatic heterocycles. The highest BCUT2D eigenvalue weighted by molar-refractivity contribution is 5.73. The van der Waals surface area contributed by atoms with Crippen LogP contribution >= 0.6 is 0 Å². The van der Waals surface area contributed by atoms with Crippen LogP contribution in [-0.2, 0) is 20.5 Å². The zero-order valence-electron chi connectivity index (χ0n) is 23.8. The Morgan fingerprint density at radius 3 is 2.47 bits per heavy atom. The Bertz CT molecular complexity index is 993. The first-order valence-corrected chi connectivity index (χ1v) is 13.4. The molecule has 0 unspecified atom stereocenters. The van der Waals surface area contributed by atoms with E-state index in [-0.39, 0.29) is 28.9 Å². The number of hydrogen-bond acceptors (Lipinski definition) is 4. The molecular weight excluding hydrogens is 488 g/mol. The maximum atomic E-state index is 13.8. The van der Waals surface area contributed by atoms with E-state index in [1.807, 2.05) is 0 Å². The summed E-state index contributed by atoms with van der Waals surface area (Å²) >= 11 is 0. The normalized spacial score (nSPS) is 21.5. The Balaban J connectivity index is 2.22. The standard InChI is InChI=1S/C30H45F2N3O3/c1-21(18-25(32)12-16-31)19-27(34-22(2)36)13-17-33-30(14-10-26(11-15-30)35-28(37)38-6)24-9-7-8-23(20-24)29(3,4)5/h7-9,12,18,20,26-27,33H,10-11,13-17,19H2,1-6H3,(H,34,36)(H,35,37)/b21-18+,25-12+/t26?,27-,30?/m1/s1. The lowest BCUT2D eigenvalue weighted by molar-refractivity contribution is -0.119. The summed E-state index contributed by atoms with van der Waals surface area (Å²) < 4.78 is 30.9. The second-order valence-corrected chi connectivity index (χ2v) is 11.4. The van der Waals surface area contributed by atoms with Gasteiger partial charge in [-0.25, -0.2) is 13.6 Å². The van der Waals surface area contributed by atoms with Crippen LogP contribution in [0.3, 0.4) is 0 Å². The van der Waals surface area contributed by atoms with Gasteiger partial charge < -0.3 is 20.7 Å². The lowest BCUT2D eigenvalue weighted by Gasteiger charge is -2.42. The second kappa shape index (κ2) is 14.4. The number of halogens is 2. The topological polar surface area (TPSA) is 79.5 Å². The van der Waals surface area contributed by atoms with E-state index < -0.39 is 18.6 Å². The minimum Gasteiger partial charge on any atom is -0.453 e. The smallest absolute Gasteiger partial charge is 0.407 e. The van der Waals surface area contributed by atoms with Crippen molar-refractivity contribution in [3.8, 4) is 0 Å². The van der Waals surface area contributed by atoms with Gasteiger partial charge in [0.05, 0.1) is 7.11 Å². The zero-order valence-corrected chi connectivity index (χ0v) is 23.8. The summed E-state index contributed by atoms with van der Waals surface area (Å²) in [4.78, 5) is 23.6. The fourth-order valence-electron chi connectivity index (χ4n) is 5.15. The van der Waals surface area contributed by atoms with E-state index in [4.69, 9.17) is 4.74 Å². The van der Waals surface area contributed by atoms with Gasteiger partial charge in [0.15, 0.2) is 0 Å². The van der Waals surface area contributed by atoms with Gasteiger partial charge in [-0.15, -0.1) is 0 Å². The third-order valence-electron chi connectivity index (χ3n) is 7.22. The Morgan fingerprint density at radius 1 is 1.21 bits per heavy atom. The number of allylic oxidation sites excluding steroid dienone is 3. The van der Waals surface area contributed by atoms with Gasteiger partial charge in [-0.1, -0.05) is 50.6 Å². The molecule has 2 rings (SSSR count). The molecule has 212 valence electrons. The average Bonchev–Trinajstić information content (AvgIpc) is 2.84. The number of carbonyl (C=O) groups excluding carboxylic acids is 2. The number of methoxy groups -OCH3 is 1. The van der Waals surface area contributed by atoms with Crippen LogP contribution in [0, 0.1) is 0 Å². The molecule has 0 spiro atoms. The van der Waals surface area contributed by atoms with E-state index in [1.165, 1.54) is 31.2 Å². The van der Waals surface area contributed by atoms with Crippen LogP contribution in [0.15, 0.2) is 47.8 Å². The Hall–Kier alpha value is -2.74. The van der Waals surface area contributed by atoms with Gasteiger partial charge in [0, 0.05) is 24.5 Å². The van der Waals surface area contributed by atoms with Crippen molar-refractivity contribution < 1.29 is 23.1 Å². The number of ether oxygens (including phenoxy) is 1. The molecule has 6 nitrogen and oxygen atoms in total. The fraction of sp³-hybridized carbons (Fsp3) is 0.600. The molecule has 2 amide bonds. The molecule has 0 radical (unpaired) electrons. The van der Waals surface area contributed by atoms with E-state index in [0.717, 1.165) is 37.3 Å². The highest BCUT2D eigenvalue weighted by Gasteiger charge is 2.37. The SMILES string of the molecule is COC(=O)NC1CCC(NCC[C@H](C/C(C)=C/C(F)=C\CF)NC(C)=O)(c2cccc(C(C)(C)C)c2)CC1. The molecule has 38 heavy (non-hydrogen) atoms. The van der Waals surface area contributed by atoms with Gasteiger partial charge in [-0.05, 0) is 80.7 Å². The van der Waals surface area contributed by atoms with Gasteiger partial charge >= 0.3 is 6.09 Å². The van der Waals surface area contributed by atoms with Crippen LogP contribution in [0.25, 0.3) is 0 Å². The van der Waals surface area contributed by atoms with Gasteiger partial charge in [-0.2, -0.15) is 0 Å². The van der Waals surface area contributed by atoms with E-state index in [0.29, 0.717) is 19.4 Å². The lowest BCUT2D eigenvalue weighted by Crippen LogP contribution is -2.50. The number of amides is 2. The van der Waals surface area contributed by atoms with E-state index in [2.05, 4.69) is 61.0 Å². The Kier molecular flexibility index (Phi) is 11.9. The Morgan fingerprint density at radius 2 is 1.89 bits per heavy atom. The van der Waals surface area contributed by atoms with Gasteiger partial charge in [-0.3, -0.25) is 4.79 Å². The monoisotopic (exact) mass is 533 g/mol. The molecule has 3 N–H and O–H groups in total. The third kappa shape index (κ3) is 9.86. The lowest BCUT2D eigenvalue weighted by atomic mass is 9.73. The van der Waals surface area contributed by atoms with E-state index in [9.17, 15) is 18.4 Å². The summed E-state index contributed by atoms with van der Waals surface area (Å²) in [5, 5.41) is 9.71. The van der Waals surface area contributed by atoms with Crippen LogP contribution < -0.4 is 16.0 Å². The van der Waals surface area contributed by atoms with Crippen molar-refractivity contribution in [2.75, 3.05) is 20.3 Å². The molecule has 0 bridgehead atoms. The second-order valence-electron chi connectivity index (χ2n) is 11.4. The van der Waals surface area contributed by atoms with Crippen LogP contribution in [0.4, 0.5) is 13.6 Å². The zero-order chi connectivity index (χ0) is 28.3. The van der Waals surface area contributed by atoms with Gasteiger partial charge in [0.2, 0.25) is 5.91 Å². The summed E-state index contributed by atoms with van der Waals surface area (Å²) in [7, 11) is 1.37. The fourth-order valence-corrected chi connectivity index (χ4v) is 5.15. The van der Waals surface area contributed by atoms with Crippen LogP contribution in [0.1, 0.15) is 84.3 Å². The highest BCUT2D eigenvalue weighted by Crippen LogP contribution is 2.39. The number of rotatable bonds is 11. The summed E-state index contributed by atoms with van der Waals surface area (Å²) in [6, 6.07) is 8.56. The molecule has 0 saturated heterocycles. The number of carbonyl (C=O) groups is 2. The van der Waals surface area contributed by atoms with Crippen molar-refractivity contribution in [2.45, 2.75) is 96.2 Å². The van der Waals surface area contributed by atoms with E-state index >= 15 is 0 Å². The average molecular weight is 534 g/mol. The quantitative estimate of drug-likeness (QED) is 0.299. The van der Waals surface area contributed by atoms with Crippen molar-refractivity contribution in [3.63, 3.8) is 0 Å². The maximum absolute atomic E-state index is 13.8. The first-order valence-electron chi connectivity index (χ1n) is 13.4. The summed E-state index contributed by atoms with van der Waals surface area (Å²) in [5.74, 6) is -0.760. The van der Waals surface area contributed by atoms with Gasteiger partial charge in [0.1, 0.15) is 12.5 Å². The molecule has 0 heterocycles. The first kappa shape index (κ1) is 31.5. The van der Waals surface area contributed by atoms with Gasteiger partial charge in [0.25, 0.3) is 0 Å². The molecule has 1 aromatic rings. The highest BCUT2D eigenvalue weighted by atomic mass is 19.1. The molecule has 1 fully saturated rings. The van der Waals surface area contributed by atoms with Crippen LogP contribution in [-0.4, -0.2) is 44.4 Å². The summed E-state index contributed by atoms with van der Waals surface area (Å²) in [6.45, 7) is 9.62. The molecule has 1 atom stereocenters. The van der Waals surface area contributed by atoms with Crippen LogP contribution in [0.2, 0.25) is 0 Å².